The first kappa shape index (κ1) is 15.7. The molecule has 1 fully saturated rings. The number of amidine groups is 1. The Morgan fingerprint density at radius 1 is 1.57 bits per heavy atom. The fourth-order valence-corrected chi connectivity index (χ4v) is 2.63. The van der Waals surface area contributed by atoms with Crippen LogP contribution in [-0.2, 0) is 11.3 Å². The second-order valence-corrected chi connectivity index (χ2v) is 5.94. The summed E-state index contributed by atoms with van der Waals surface area (Å²) in [7, 11) is 0. The van der Waals surface area contributed by atoms with Crippen molar-refractivity contribution in [1.82, 2.24) is 5.32 Å². The Balaban J connectivity index is 2.04. The Kier molecular flexibility index (Phi) is 4.80. The van der Waals surface area contributed by atoms with Crippen molar-refractivity contribution in [2.45, 2.75) is 44.9 Å². The zero-order valence-corrected chi connectivity index (χ0v) is 12.4. The van der Waals surface area contributed by atoms with Crippen molar-refractivity contribution in [3.63, 3.8) is 0 Å². The van der Waals surface area contributed by atoms with Crippen molar-refractivity contribution in [1.29, 1.82) is 0 Å². The van der Waals surface area contributed by atoms with Crippen LogP contribution in [0.2, 0.25) is 0 Å². The van der Waals surface area contributed by atoms with E-state index in [0.29, 0.717) is 24.8 Å². The normalized spacial score (nSPS) is 22.2. The van der Waals surface area contributed by atoms with Gasteiger partial charge in [-0.3, -0.25) is 0 Å². The summed E-state index contributed by atoms with van der Waals surface area (Å²) in [6.07, 6.45) is 1.79. The lowest BCUT2D eigenvalue weighted by molar-refractivity contribution is -0.0630. The first-order valence-corrected chi connectivity index (χ1v) is 7.05. The Hall–Kier alpha value is -1.66. The van der Waals surface area contributed by atoms with E-state index in [2.05, 4.69) is 24.3 Å². The molecule has 6 heteroatoms. The van der Waals surface area contributed by atoms with Crippen LogP contribution in [0.25, 0.3) is 0 Å². The van der Waals surface area contributed by atoms with Gasteiger partial charge in [-0.15, -0.1) is 0 Å². The van der Waals surface area contributed by atoms with Crippen LogP contribution in [0.1, 0.15) is 37.8 Å². The third-order valence-corrected chi connectivity index (χ3v) is 3.74. The van der Waals surface area contributed by atoms with Gasteiger partial charge in [-0.2, -0.15) is 0 Å². The molecular formula is C15H22FN3O2. The summed E-state index contributed by atoms with van der Waals surface area (Å²) < 4.78 is 19.9. The monoisotopic (exact) mass is 295 g/mol. The van der Waals surface area contributed by atoms with E-state index in [4.69, 9.17) is 15.7 Å². The summed E-state index contributed by atoms with van der Waals surface area (Å²) in [5, 5.41) is 14.9. The van der Waals surface area contributed by atoms with E-state index in [1.807, 2.05) is 0 Å². The molecule has 0 spiro atoms. The molecule has 1 aromatic rings. The minimum absolute atomic E-state index is 0.115. The van der Waals surface area contributed by atoms with Crippen LogP contribution in [-0.4, -0.2) is 29.3 Å². The lowest BCUT2D eigenvalue weighted by atomic mass is 9.94. The minimum atomic E-state index is -0.452. The Bertz CT molecular complexity index is 532. The summed E-state index contributed by atoms with van der Waals surface area (Å²) in [5.41, 5.74) is 5.93. The van der Waals surface area contributed by atoms with Gasteiger partial charge >= 0.3 is 0 Å². The summed E-state index contributed by atoms with van der Waals surface area (Å²) in [5.74, 6) is -0.673. The third kappa shape index (κ3) is 3.92. The first-order valence-electron chi connectivity index (χ1n) is 7.05. The van der Waals surface area contributed by atoms with Gasteiger partial charge in [0.05, 0.1) is 11.2 Å². The number of oxime groups is 1. The summed E-state index contributed by atoms with van der Waals surface area (Å²) in [6.45, 7) is 5.22. The number of benzene rings is 1. The maximum atomic E-state index is 14.3. The molecule has 1 aromatic carbocycles. The molecule has 0 saturated carbocycles. The predicted molar refractivity (Wildman–Crippen MR) is 78.8 cm³/mol. The third-order valence-electron chi connectivity index (χ3n) is 3.74. The zero-order valence-electron chi connectivity index (χ0n) is 12.4. The molecule has 21 heavy (non-hydrogen) atoms. The second-order valence-electron chi connectivity index (χ2n) is 5.94. The van der Waals surface area contributed by atoms with Crippen molar-refractivity contribution in [3.05, 3.63) is 35.1 Å². The fraction of sp³-hybridized carbons (Fsp3) is 0.533. The van der Waals surface area contributed by atoms with Gasteiger partial charge in [0.1, 0.15) is 5.82 Å². The van der Waals surface area contributed by atoms with Crippen molar-refractivity contribution in [2.24, 2.45) is 10.9 Å². The maximum absolute atomic E-state index is 14.3. The van der Waals surface area contributed by atoms with Crippen LogP contribution < -0.4 is 11.1 Å². The Morgan fingerprint density at radius 3 is 3.00 bits per heavy atom. The number of hydrogen-bond donors (Lipinski definition) is 3. The molecule has 1 aliphatic heterocycles. The highest BCUT2D eigenvalue weighted by atomic mass is 19.1. The van der Waals surface area contributed by atoms with E-state index >= 15 is 0 Å². The molecule has 1 atom stereocenters. The second kappa shape index (κ2) is 6.41. The van der Waals surface area contributed by atoms with Gasteiger partial charge in [-0.25, -0.2) is 4.39 Å². The number of ether oxygens (including phenoxy) is 1. The molecule has 1 heterocycles. The molecule has 1 aliphatic rings. The Morgan fingerprint density at radius 2 is 2.33 bits per heavy atom. The number of nitrogens with two attached hydrogens (primary N) is 1. The molecule has 0 aliphatic carbocycles. The van der Waals surface area contributed by atoms with E-state index in [1.165, 1.54) is 6.07 Å². The van der Waals surface area contributed by atoms with E-state index in [1.54, 1.807) is 12.1 Å². The lowest BCUT2D eigenvalue weighted by Gasteiger charge is -2.36. The predicted octanol–water partition coefficient (Wildman–Crippen LogP) is 1.97. The molecule has 4 N–H and O–H groups in total. The number of nitrogens with one attached hydrogen (secondary N) is 1. The van der Waals surface area contributed by atoms with Gasteiger partial charge in [0.15, 0.2) is 5.84 Å². The lowest BCUT2D eigenvalue weighted by Crippen LogP contribution is -2.43. The average molecular weight is 295 g/mol. The van der Waals surface area contributed by atoms with Gasteiger partial charge < -0.3 is 21.0 Å². The molecule has 0 aromatic heterocycles. The number of nitrogens with zero attached hydrogens (tertiary/aromatic N) is 1. The van der Waals surface area contributed by atoms with Gasteiger partial charge in [-0.1, -0.05) is 17.3 Å². The first-order chi connectivity index (χ1) is 9.93. The average Bonchev–Trinajstić information content (AvgIpc) is 2.44. The molecule has 0 radical (unpaired) electrons. The molecular weight excluding hydrogens is 273 g/mol. The van der Waals surface area contributed by atoms with Gasteiger partial charge in [-0.05, 0) is 32.8 Å². The smallest absolute Gasteiger partial charge is 0.173 e. The zero-order chi connectivity index (χ0) is 15.5. The molecule has 0 bridgehead atoms. The van der Waals surface area contributed by atoms with Crippen molar-refractivity contribution < 1.29 is 14.3 Å². The molecule has 1 unspecified atom stereocenters. The molecule has 0 amide bonds. The Labute approximate surface area is 124 Å². The molecule has 116 valence electrons. The van der Waals surface area contributed by atoms with E-state index in [9.17, 15) is 4.39 Å². The summed E-state index contributed by atoms with van der Waals surface area (Å²) >= 11 is 0. The fourth-order valence-electron chi connectivity index (χ4n) is 2.63. The van der Waals surface area contributed by atoms with Crippen LogP contribution >= 0.6 is 0 Å². The van der Waals surface area contributed by atoms with E-state index < -0.39 is 5.82 Å². The molecule has 1 saturated heterocycles. The quantitative estimate of drug-likeness (QED) is 0.343. The highest BCUT2D eigenvalue weighted by molar-refractivity contribution is 5.97. The number of halogens is 1. The highest BCUT2D eigenvalue weighted by Gasteiger charge is 2.28. The van der Waals surface area contributed by atoms with E-state index in [-0.39, 0.29) is 17.0 Å². The van der Waals surface area contributed by atoms with Crippen molar-refractivity contribution in [3.8, 4) is 0 Å². The number of hydrogen-bond acceptors (Lipinski definition) is 4. The SMILES string of the molecule is CC1(C)CC(NCc2cccc(/C(N)=N/O)c2F)CCO1. The van der Waals surface area contributed by atoms with Gasteiger partial charge in [0.25, 0.3) is 0 Å². The number of rotatable bonds is 4. The largest absolute Gasteiger partial charge is 0.409 e. The van der Waals surface area contributed by atoms with Crippen molar-refractivity contribution in [2.75, 3.05) is 6.61 Å². The van der Waals surface area contributed by atoms with Crippen LogP contribution in [0.3, 0.4) is 0 Å². The van der Waals surface area contributed by atoms with Crippen LogP contribution in [0.15, 0.2) is 23.4 Å². The minimum Gasteiger partial charge on any atom is -0.409 e. The van der Waals surface area contributed by atoms with Gasteiger partial charge in [0, 0.05) is 24.8 Å². The highest BCUT2D eigenvalue weighted by Crippen LogP contribution is 2.24. The molecule has 5 nitrogen and oxygen atoms in total. The topological polar surface area (TPSA) is 79.9 Å². The van der Waals surface area contributed by atoms with Crippen LogP contribution in [0, 0.1) is 5.82 Å². The summed E-state index contributed by atoms with van der Waals surface area (Å²) in [4.78, 5) is 0. The van der Waals surface area contributed by atoms with Crippen LogP contribution in [0.4, 0.5) is 4.39 Å². The standard InChI is InChI=1S/C15H22FN3O2/c1-15(2)8-11(6-7-21-15)18-9-10-4-3-5-12(13(10)16)14(17)19-20/h3-5,11,18,20H,6-9H2,1-2H3,(H2,17,19). The summed E-state index contributed by atoms with van der Waals surface area (Å²) in [6, 6.07) is 5.18. The molecule has 2 rings (SSSR count). The van der Waals surface area contributed by atoms with E-state index in [0.717, 1.165) is 12.8 Å². The van der Waals surface area contributed by atoms with Crippen molar-refractivity contribution >= 4 is 5.84 Å². The van der Waals surface area contributed by atoms with Crippen LogP contribution in [0.5, 0.6) is 0 Å². The van der Waals surface area contributed by atoms with Gasteiger partial charge in [0.2, 0.25) is 0 Å². The maximum Gasteiger partial charge on any atom is 0.173 e.